The van der Waals surface area contributed by atoms with E-state index in [1.165, 1.54) is 0 Å². The number of thiocarbonyl (C=S) groups is 1. The van der Waals surface area contributed by atoms with Gasteiger partial charge >= 0.3 is 0 Å². The van der Waals surface area contributed by atoms with Crippen LogP contribution in [-0.4, -0.2) is 16.6 Å². The fourth-order valence-electron chi connectivity index (χ4n) is 1.93. The summed E-state index contributed by atoms with van der Waals surface area (Å²) in [5, 5.41) is 19.0. The zero-order chi connectivity index (χ0) is 16.5. The summed E-state index contributed by atoms with van der Waals surface area (Å²) in [4.78, 5) is 6.89. The number of pyridine rings is 1. The van der Waals surface area contributed by atoms with Crippen molar-refractivity contribution < 1.29 is 0 Å². The third kappa shape index (κ3) is 4.68. The quantitative estimate of drug-likeness (QED) is 0.379. The van der Waals surface area contributed by atoms with Crippen molar-refractivity contribution in [2.75, 3.05) is 11.9 Å². The van der Waals surface area contributed by atoms with Crippen molar-refractivity contribution in [1.82, 2.24) is 10.3 Å². The van der Waals surface area contributed by atoms with Gasteiger partial charge in [0.15, 0.2) is 5.11 Å². The molecule has 23 heavy (non-hydrogen) atoms. The maximum Gasteiger partial charge on any atom is 0.171 e. The number of nitrogens with zero attached hydrogens (tertiary/aromatic N) is 5. The van der Waals surface area contributed by atoms with Gasteiger partial charge in [0.1, 0.15) is 11.9 Å². The fraction of sp³-hybridized carbons (Fsp3) is 0.133. The topological polar surface area (TPSA) is 109 Å². The average molecular weight is 323 g/mol. The second-order valence-electron chi connectivity index (χ2n) is 4.46. The first-order valence-electron chi connectivity index (χ1n) is 6.77. The van der Waals surface area contributed by atoms with Gasteiger partial charge in [0.2, 0.25) is 0 Å². The van der Waals surface area contributed by atoms with Crippen LogP contribution in [0.15, 0.2) is 47.7 Å². The summed E-state index contributed by atoms with van der Waals surface area (Å²) in [6.07, 6.45) is 2.23. The Bertz CT molecular complexity index is 790. The molecule has 0 fully saturated rings. The van der Waals surface area contributed by atoms with E-state index in [2.05, 4.69) is 25.6 Å². The number of aromatic nitrogens is 1. The first-order valence-corrected chi connectivity index (χ1v) is 7.18. The first kappa shape index (κ1) is 16.2. The molecule has 2 N–H and O–H groups in total. The number of rotatable bonds is 5. The van der Waals surface area contributed by atoms with E-state index in [1.807, 2.05) is 24.3 Å². The maximum absolute atomic E-state index is 9.00. The highest BCUT2D eigenvalue weighted by Gasteiger charge is 2.05. The highest BCUT2D eigenvalue weighted by Crippen LogP contribution is 2.18. The Morgan fingerprint density at radius 1 is 1.35 bits per heavy atom. The molecule has 0 atom stereocenters. The van der Waals surface area contributed by atoms with Gasteiger partial charge in [-0.05, 0) is 41.9 Å². The van der Waals surface area contributed by atoms with Crippen LogP contribution in [0.25, 0.3) is 10.4 Å². The molecule has 1 aromatic carbocycles. The smallest absolute Gasteiger partial charge is 0.171 e. The van der Waals surface area contributed by atoms with Crippen molar-refractivity contribution in [3.05, 3.63) is 64.2 Å². The lowest BCUT2D eigenvalue weighted by Gasteiger charge is -2.11. The molecule has 0 radical (unpaired) electrons. The van der Waals surface area contributed by atoms with E-state index in [0.717, 1.165) is 5.56 Å². The van der Waals surface area contributed by atoms with E-state index in [4.69, 9.17) is 23.0 Å². The molecule has 1 heterocycles. The number of hydrogen-bond acceptors (Lipinski definition) is 4. The number of nitrogens with one attached hydrogen (secondary N) is 2. The molecular formula is C15H13N7S. The largest absolute Gasteiger partial charge is 0.362 e. The summed E-state index contributed by atoms with van der Waals surface area (Å²) in [7, 11) is 0. The maximum atomic E-state index is 9.00. The fourth-order valence-corrected chi connectivity index (χ4v) is 2.12. The monoisotopic (exact) mass is 323 g/mol. The Balaban J connectivity index is 1.91. The van der Waals surface area contributed by atoms with Gasteiger partial charge in [0, 0.05) is 23.3 Å². The van der Waals surface area contributed by atoms with E-state index < -0.39 is 0 Å². The molecule has 0 spiro atoms. The molecule has 2 aromatic rings. The zero-order valence-electron chi connectivity index (χ0n) is 12.1. The van der Waals surface area contributed by atoms with Crippen molar-refractivity contribution in [3.8, 4) is 6.07 Å². The molecule has 8 heteroatoms. The summed E-state index contributed by atoms with van der Waals surface area (Å²) in [6, 6.07) is 12.8. The van der Waals surface area contributed by atoms with E-state index in [1.54, 1.807) is 24.4 Å². The third-order valence-corrected chi connectivity index (χ3v) is 3.23. The summed E-state index contributed by atoms with van der Waals surface area (Å²) >= 11 is 5.19. The highest BCUT2D eigenvalue weighted by atomic mass is 32.1. The van der Waals surface area contributed by atoms with E-state index in [-0.39, 0.29) is 0 Å². The van der Waals surface area contributed by atoms with Crippen molar-refractivity contribution in [1.29, 1.82) is 5.26 Å². The van der Waals surface area contributed by atoms with E-state index >= 15 is 0 Å². The van der Waals surface area contributed by atoms with Crippen molar-refractivity contribution >= 4 is 28.8 Å². The standard InChI is InChI=1S/C15H13N7S/c16-10-12-5-3-8-18-14(12)20-15(23)19-9-7-11-4-1-2-6-13(11)21-22-17/h1-6,8H,7,9H2,(H2,18,19,20,23). The van der Waals surface area contributed by atoms with Gasteiger partial charge in [-0.25, -0.2) is 4.98 Å². The van der Waals surface area contributed by atoms with Crippen LogP contribution in [0.1, 0.15) is 11.1 Å². The molecule has 0 saturated heterocycles. The Labute approximate surface area is 138 Å². The summed E-state index contributed by atoms with van der Waals surface area (Å²) in [5.41, 5.74) is 10.5. The van der Waals surface area contributed by atoms with Crippen LogP contribution >= 0.6 is 12.2 Å². The van der Waals surface area contributed by atoms with Gasteiger partial charge in [-0.2, -0.15) is 5.26 Å². The number of anilines is 1. The van der Waals surface area contributed by atoms with Crippen LogP contribution in [-0.2, 0) is 6.42 Å². The molecular weight excluding hydrogens is 310 g/mol. The predicted octanol–water partition coefficient (Wildman–Crippen LogP) is 3.42. The molecule has 0 aliphatic carbocycles. The lowest BCUT2D eigenvalue weighted by molar-refractivity contribution is 0.872. The average Bonchev–Trinajstić information content (AvgIpc) is 2.57. The van der Waals surface area contributed by atoms with Gasteiger partial charge in [-0.15, -0.1) is 0 Å². The predicted molar refractivity (Wildman–Crippen MR) is 92.1 cm³/mol. The molecule has 7 nitrogen and oxygen atoms in total. The molecule has 0 amide bonds. The molecule has 0 saturated carbocycles. The van der Waals surface area contributed by atoms with Crippen LogP contribution in [0.2, 0.25) is 0 Å². The zero-order valence-corrected chi connectivity index (χ0v) is 12.9. The SMILES string of the molecule is N#Cc1cccnc1NC(=S)NCCc1ccccc1N=[N+]=[N-]. The third-order valence-electron chi connectivity index (χ3n) is 2.98. The Morgan fingerprint density at radius 2 is 2.17 bits per heavy atom. The molecule has 2 rings (SSSR count). The number of hydrogen-bond donors (Lipinski definition) is 2. The van der Waals surface area contributed by atoms with Crippen molar-refractivity contribution in [2.45, 2.75) is 6.42 Å². The van der Waals surface area contributed by atoms with Gasteiger partial charge in [-0.3, -0.25) is 0 Å². The van der Waals surface area contributed by atoms with Crippen LogP contribution in [0, 0.1) is 11.3 Å². The molecule has 1 aromatic heterocycles. The lowest BCUT2D eigenvalue weighted by Crippen LogP contribution is -2.30. The Morgan fingerprint density at radius 3 is 2.96 bits per heavy atom. The van der Waals surface area contributed by atoms with Crippen LogP contribution < -0.4 is 10.6 Å². The molecule has 0 aliphatic rings. The summed E-state index contributed by atoms with van der Waals surface area (Å²) < 4.78 is 0. The van der Waals surface area contributed by atoms with Crippen LogP contribution in [0.5, 0.6) is 0 Å². The first-order chi connectivity index (χ1) is 11.2. The second kappa shape index (κ2) is 8.34. The lowest BCUT2D eigenvalue weighted by atomic mass is 10.1. The van der Waals surface area contributed by atoms with Gasteiger partial charge in [-0.1, -0.05) is 29.4 Å². The minimum absolute atomic E-state index is 0.376. The van der Waals surface area contributed by atoms with Gasteiger partial charge < -0.3 is 10.6 Å². The molecule has 0 bridgehead atoms. The Kier molecular flexibility index (Phi) is 5.89. The minimum Gasteiger partial charge on any atom is -0.362 e. The summed E-state index contributed by atoms with van der Waals surface area (Å²) in [6.45, 7) is 0.554. The number of azide groups is 1. The van der Waals surface area contributed by atoms with E-state index in [0.29, 0.717) is 35.1 Å². The second-order valence-corrected chi connectivity index (χ2v) is 4.87. The van der Waals surface area contributed by atoms with Crippen LogP contribution in [0.3, 0.4) is 0 Å². The highest BCUT2D eigenvalue weighted by molar-refractivity contribution is 7.80. The van der Waals surface area contributed by atoms with Gasteiger partial charge in [0.25, 0.3) is 0 Å². The normalized spacial score (nSPS) is 9.35. The summed E-state index contributed by atoms with van der Waals surface area (Å²) in [5.74, 6) is 0.419. The van der Waals surface area contributed by atoms with Crippen molar-refractivity contribution in [2.24, 2.45) is 5.11 Å². The number of nitriles is 1. The Hall–Kier alpha value is -3.14. The van der Waals surface area contributed by atoms with E-state index in [9.17, 15) is 0 Å². The molecule has 114 valence electrons. The van der Waals surface area contributed by atoms with Crippen molar-refractivity contribution in [3.63, 3.8) is 0 Å². The minimum atomic E-state index is 0.376. The molecule has 0 aliphatic heterocycles. The molecule has 0 unspecified atom stereocenters. The number of benzene rings is 1. The van der Waals surface area contributed by atoms with Crippen LogP contribution in [0.4, 0.5) is 11.5 Å². The van der Waals surface area contributed by atoms with Gasteiger partial charge in [0.05, 0.1) is 5.56 Å².